The van der Waals surface area contributed by atoms with Gasteiger partial charge >= 0.3 is 0 Å². The van der Waals surface area contributed by atoms with Gasteiger partial charge in [0, 0.05) is 26.2 Å². The van der Waals surface area contributed by atoms with Crippen LogP contribution in [0.25, 0.3) is 0 Å². The number of carbonyl (C=O) groups is 3. The van der Waals surface area contributed by atoms with Gasteiger partial charge in [-0.3, -0.25) is 14.4 Å². The van der Waals surface area contributed by atoms with Crippen LogP contribution in [-0.2, 0) is 19.4 Å². The minimum absolute atomic E-state index is 0.0652. The first kappa shape index (κ1) is 19.4. The van der Waals surface area contributed by atoms with Crippen molar-refractivity contribution in [2.75, 3.05) is 37.7 Å². The van der Waals surface area contributed by atoms with Crippen molar-refractivity contribution in [2.45, 2.75) is 19.4 Å². The summed E-state index contributed by atoms with van der Waals surface area (Å²) in [6, 6.07) is 0.815. The minimum Gasteiger partial charge on any atom is -0.472 e. The molecule has 27 heavy (non-hydrogen) atoms. The fraction of sp³-hybridized carbons (Fsp3) is 0.588. The van der Waals surface area contributed by atoms with Gasteiger partial charge < -0.3 is 19.5 Å². The summed E-state index contributed by atoms with van der Waals surface area (Å²) in [6.07, 6.45) is 3.06. The smallest absolute Gasteiger partial charge is 0.255 e. The molecular weight excluding hydrogens is 374 g/mol. The van der Waals surface area contributed by atoms with E-state index in [1.807, 2.05) is 0 Å². The molecule has 0 unspecified atom stereocenters. The predicted octanol–water partition coefficient (Wildman–Crippen LogP) is -0.497. The summed E-state index contributed by atoms with van der Waals surface area (Å²) in [4.78, 5) is 40.2. The Morgan fingerprint density at radius 1 is 1.19 bits per heavy atom. The topological polar surface area (TPSA) is 117 Å². The monoisotopic (exact) mass is 397 g/mol. The first-order valence-corrected chi connectivity index (χ1v) is 10.7. The number of hydrogen-bond donors (Lipinski definition) is 1. The molecule has 148 valence electrons. The van der Waals surface area contributed by atoms with Crippen LogP contribution in [0.4, 0.5) is 0 Å². The molecule has 3 amide bonds. The lowest BCUT2D eigenvalue weighted by atomic mass is 10.1. The Labute approximate surface area is 157 Å². The van der Waals surface area contributed by atoms with E-state index in [4.69, 9.17) is 4.42 Å². The largest absolute Gasteiger partial charge is 0.472 e. The molecule has 3 rings (SSSR count). The van der Waals surface area contributed by atoms with E-state index in [-0.39, 0.29) is 29.2 Å². The van der Waals surface area contributed by atoms with E-state index in [2.05, 4.69) is 5.32 Å². The average molecular weight is 397 g/mol. The van der Waals surface area contributed by atoms with Crippen molar-refractivity contribution >= 4 is 27.6 Å². The van der Waals surface area contributed by atoms with Crippen molar-refractivity contribution < 1.29 is 27.2 Å². The van der Waals surface area contributed by atoms with E-state index >= 15 is 0 Å². The molecule has 2 saturated heterocycles. The van der Waals surface area contributed by atoms with E-state index in [1.54, 1.807) is 16.7 Å². The van der Waals surface area contributed by atoms with E-state index < -0.39 is 21.8 Å². The van der Waals surface area contributed by atoms with E-state index in [0.717, 1.165) is 0 Å². The van der Waals surface area contributed by atoms with Crippen LogP contribution < -0.4 is 5.32 Å². The average Bonchev–Trinajstić information content (AvgIpc) is 3.30. The third-order valence-electron chi connectivity index (χ3n) is 4.99. The Bertz CT molecular complexity index is 812. The highest BCUT2D eigenvalue weighted by atomic mass is 32.2. The van der Waals surface area contributed by atoms with Gasteiger partial charge in [0.2, 0.25) is 11.8 Å². The highest BCUT2D eigenvalue weighted by Gasteiger charge is 2.37. The Morgan fingerprint density at radius 2 is 1.85 bits per heavy atom. The molecule has 0 aromatic carbocycles. The molecule has 2 fully saturated rings. The molecule has 2 aliphatic rings. The number of rotatable bonds is 4. The predicted molar refractivity (Wildman–Crippen MR) is 95.6 cm³/mol. The van der Waals surface area contributed by atoms with Gasteiger partial charge in [0.15, 0.2) is 9.84 Å². The van der Waals surface area contributed by atoms with Crippen LogP contribution in [0, 0.1) is 5.92 Å². The van der Waals surface area contributed by atoms with Crippen molar-refractivity contribution in [2.24, 2.45) is 5.92 Å². The number of nitrogens with zero attached hydrogens (tertiary/aromatic N) is 2. The van der Waals surface area contributed by atoms with Crippen LogP contribution >= 0.6 is 0 Å². The van der Waals surface area contributed by atoms with Crippen molar-refractivity contribution in [3.05, 3.63) is 24.2 Å². The molecule has 1 aromatic rings. The maximum atomic E-state index is 12.5. The molecule has 9 nitrogen and oxygen atoms in total. The Balaban J connectivity index is 1.49. The lowest BCUT2D eigenvalue weighted by Crippen LogP contribution is -2.55. The van der Waals surface area contributed by atoms with Gasteiger partial charge in [0.25, 0.3) is 5.91 Å². The molecule has 2 atom stereocenters. The Kier molecular flexibility index (Phi) is 5.54. The summed E-state index contributed by atoms with van der Waals surface area (Å²) in [5, 5.41) is 2.63. The highest BCUT2D eigenvalue weighted by molar-refractivity contribution is 7.91. The number of furan rings is 1. The first-order chi connectivity index (χ1) is 12.8. The highest BCUT2D eigenvalue weighted by Crippen LogP contribution is 2.21. The molecular formula is C17H23N3O6S. The number of piperazine rings is 1. The normalized spacial score (nSPS) is 23.1. The van der Waals surface area contributed by atoms with Gasteiger partial charge in [-0.2, -0.15) is 0 Å². The third kappa shape index (κ3) is 4.49. The fourth-order valence-corrected chi connectivity index (χ4v) is 5.14. The minimum atomic E-state index is -3.10. The van der Waals surface area contributed by atoms with Crippen LogP contribution in [0.1, 0.15) is 23.7 Å². The van der Waals surface area contributed by atoms with Gasteiger partial charge in [-0.1, -0.05) is 0 Å². The molecule has 0 spiro atoms. The molecule has 1 aromatic heterocycles. The lowest BCUT2D eigenvalue weighted by Gasteiger charge is -2.37. The van der Waals surface area contributed by atoms with E-state index in [1.165, 1.54) is 18.6 Å². The van der Waals surface area contributed by atoms with Gasteiger partial charge in [0.05, 0.1) is 29.3 Å². The fourth-order valence-electron chi connectivity index (χ4n) is 3.40. The zero-order valence-corrected chi connectivity index (χ0v) is 15.9. The molecule has 2 aliphatic heterocycles. The summed E-state index contributed by atoms with van der Waals surface area (Å²) in [5.74, 6) is -1.24. The van der Waals surface area contributed by atoms with E-state index in [9.17, 15) is 22.8 Å². The number of amides is 3. The first-order valence-electron chi connectivity index (χ1n) is 8.88. The molecule has 0 saturated carbocycles. The van der Waals surface area contributed by atoms with Crippen LogP contribution in [0.2, 0.25) is 0 Å². The summed E-state index contributed by atoms with van der Waals surface area (Å²) in [5.41, 5.74) is 0.344. The summed E-state index contributed by atoms with van der Waals surface area (Å²) >= 11 is 0. The molecule has 0 bridgehead atoms. The maximum absolute atomic E-state index is 12.5. The molecule has 0 radical (unpaired) electrons. The van der Waals surface area contributed by atoms with Crippen molar-refractivity contribution in [3.8, 4) is 0 Å². The summed E-state index contributed by atoms with van der Waals surface area (Å²) in [7, 11) is -3.10. The molecule has 0 aliphatic carbocycles. The van der Waals surface area contributed by atoms with E-state index in [0.29, 0.717) is 38.2 Å². The quantitative estimate of drug-likeness (QED) is 0.732. The van der Waals surface area contributed by atoms with Crippen LogP contribution in [0.3, 0.4) is 0 Å². The number of nitrogens with one attached hydrogen (secondary N) is 1. The summed E-state index contributed by atoms with van der Waals surface area (Å²) < 4.78 is 28.0. The summed E-state index contributed by atoms with van der Waals surface area (Å²) in [6.45, 7) is 3.06. The number of carbonyl (C=O) groups excluding carboxylic acids is 3. The standard InChI is InChI=1S/C17H23N3O6S/c1-12(18-15(21)13-2-8-26-10-13)16(22)19-4-6-20(7-5-19)17(23)14-3-9-27(24,25)11-14/h2,8,10,12,14H,3-7,9,11H2,1H3,(H,18,21)/t12-,14-/m1/s1. The zero-order valence-electron chi connectivity index (χ0n) is 15.1. The van der Waals surface area contributed by atoms with Gasteiger partial charge in [-0.05, 0) is 19.4 Å². The van der Waals surface area contributed by atoms with Crippen molar-refractivity contribution in [1.82, 2.24) is 15.1 Å². The number of hydrogen-bond acceptors (Lipinski definition) is 6. The van der Waals surface area contributed by atoms with Crippen molar-refractivity contribution in [1.29, 1.82) is 0 Å². The second-order valence-electron chi connectivity index (χ2n) is 6.96. The molecule has 10 heteroatoms. The Hall–Kier alpha value is -2.36. The van der Waals surface area contributed by atoms with Crippen LogP contribution in [0.15, 0.2) is 23.0 Å². The zero-order chi connectivity index (χ0) is 19.6. The molecule has 3 heterocycles. The van der Waals surface area contributed by atoms with Crippen molar-refractivity contribution in [3.63, 3.8) is 0 Å². The van der Waals surface area contributed by atoms with Crippen LogP contribution in [-0.4, -0.2) is 79.7 Å². The Morgan fingerprint density at radius 3 is 2.41 bits per heavy atom. The molecule has 1 N–H and O–H groups in total. The van der Waals surface area contributed by atoms with Gasteiger partial charge in [-0.25, -0.2) is 8.42 Å². The lowest BCUT2D eigenvalue weighted by molar-refractivity contribution is -0.142. The second kappa shape index (κ2) is 7.71. The number of sulfone groups is 1. The van der Waals surface area contributed by atoms with Gasteiger partial charge in [-0.15, -0.1) is 0 Å². The van der Waals surface area contributed by atoms with Crippen LogP contribution in [0.5, 0.6) is 0 Å². The maximum Gasteiger partial charge on any atom is 0.255 e. The third-order valence-corrected chi connectivity index (χ3v) is 6.75. The second-order valence-corrected chi connectivity index (χ2v) is 9.19. The SMILES string of the molecule is C[C@@H](NC(=O)c1ccoc1)C(=O)N1CCN(C(=O)[C@@H]2CCS(=O)(=O)C2)CC1. The van der Waals surface area contributed by atoms with Gasteiger partial charge in [0.1, 0.15) is 12.3 Å².